The van der Waals surface area contributed by atoms with E-state index in [0.717, 1.165) is 6.20 Å². The molecule has 1 aromatic heterocycles. The van der Waals surface area contributed by atoms with Gasteiger partial charge in [0.05, 0.1) is 18.1 Å². The van der Waals surface area contributed by atoms with Crippen molar-refractivity contribution in [1.82, 2.24) is 4.98 Å². The van der Waals surface area contributed by atoms with Crippen LogP contribution in [0.4, 0.5) is 8.78 Å². The van der Waals surface area contributed by atoms with Crippen molar-refractivity contribution in [1.29, 1.82) is 10.5 Å². The Morgan fingerprint density at radius 3 is 2.50 bits per heavy atom. The van der Waals surface area contributed by atoms with Crippen molar-refractivity contribution < 1.29 is 8.78 Å². The molecule has 1 rings (SSSR count). The first-order chi connectivity index (χ1) is 7.65. The van der Waals surface area contributed by atoms with Crippen LogP contribution in [-0.4, -0.2) is 4.98 Å². The van der Waals surface area contributed by atoms with E-state index in [-0.39, 0.29) is 29.0 Å². The molecule has 6 heteroatoms. The molecule has 0 unspecified atom stereocenters. The molecular formula is C10H6ClF2N3. The maximum Gasteiger partial charge on any atom is 0.280 e. The lowest BCUT2D eigenvalue weighted by Gasteiger charge is -2.10. The first-order valence-corrected chi connectivity index (χ1v) is 4.81. The second-order valence-electron chi connectivity index (χ2n) is 2.90. The first kappa shape index (κ1) is 12.4. The lowest BCUT2D eigenvalue weighted by Crippen LogP contribution is -2.04. The van der Waals surface area contributed by atoms with Crippen LogP contribution in [-0.2, 0) is 12.3 Å². The predicted octanol–water partition coefficient (Wildman–Crippen LogP) is 2.70. The summed E-state index contributed by atoms with van der Waals surface area (Å²) in [6, 6.07) is 3.62. The highest BCUT2D eigenvalue weighted by Crippen LogP contribution is 2.27. The number of rotatable bonds is 3. The first-order valence-electron chi connectivity index (χ1n) is 4.27. The zero-order chi connectivity index (χ0) is 12.1. The van der Waals surface area contributed by atoms with E-state index < -0.39 is 12.1 Å². The summed E-state index contributed by atoms with van der Waals surface area (Å²) in [6.45, 7) is 0. The maximum atomic E-state index is 12.6. The summed E-state index contributed by atoms with van der Waals surface area (Å²) in [5.74, 6) is -0.195. The molecule has 0 atom stereocenters. The summed E-state index contributed by atoms with van der Waals surface area (Å²) < 4.78 is 25.2. The quantitative estimate of drug-likeness (QED) is 0.765. The van der Waals surface area contributed by atoms with E-state index in [4.69, 9.17) is 22.1 Å². The molecule has 0 aliphatic rings. The van der Waals surface area contributed by atoms with Gasteiger partial charge in [0.25, 0.3) is 6.43 Å². The molecule has 0 spiro atoms. The third-order valence-corrected chi connectivity index (χ3v) is 2.32. The summed E-state index contributed by atoms with van der Waals surface area (Å²) in [6.07, 6.45) is -1.85. The minimum absolute atomic E-state index is 0.0808. The van der Waals surface area contributed by atoms with Crippen LogP contribution in [0.2, 0.25) is 0 Å². The number of nitrogens with zero attached hydrogens (tertiary/aromatic N) is 3. The molecule has 82 valence electrons. The second kappa shape index (κ2) is 5.39. The number of halogens is 3. The van der Waals surface area contributed by atoms with E-state index in [1.807, 2.05) is 6.07 Å². The molecular weight excluding hydrogens is 236 g/mol. The summed E-state index contributed by atoms with van der Waals surface area (Å²) in [5, 5.41) is 17.3. The molecule has 1 aromatic rings. The van der Waals surface area contributed by atoms with Crippen molar-refractivity contribution in [3.05, 3.63) is 28.6 Å². The molecule has 0 amide bonds. The van der Waals surface area contributed by atoms with E-state index >= 15 is 0 Å². The Kier molecular flexibility index (Phi) is 4.16. The van der Waals surface area contributed by atoms with E-state index in [9.17, 15) is 8.78 Å². The van der Waals surface area contributed by atoms with Crippen LogP contribution >= 0.6 is 11.6 Å². The fraction of sp³-hybridized carbons (Fsp3) is 0.300. The van der Waals surface area contributed by atoms with Crippen molar-refractivity contribution in [2.75, 3.05) is 0 Å². The standard InChI is InChI=1S/C10H6ClF2N3/c11-3-8-7(1-2-14)6(4-15)5-16-9(8)10(12)13/h5,10H,1,3H2. The predicted molar refractivity (Wildman–Crippen MR) is 52.8 cm³/mol. The Morgan fingerprint density at radius 2 is 2.06 bits per heavy atom. The largest absolute Gasteiger partial charge is 0.280 e. The summed E-state index contributed by atoms with van der Waals surface area (Å²) in [4.78, 5) is 3.50. The van der Waals surface area contributed by atoms with Gasteiger partial charge < -0.3 is 0 Å². The number of pyridine rings is 1. The fourth-order valence-electron chi connectivity index (χ4n) is 1.32. The van der Waals surface area contributed by atoms with Gasteiger partial charge >= 0.3 is 0 Å². The van der Waals surface area contributed by atoms with Gasteiger partial charge in [-0.1, -0.05) is 0 Å². The highest BCUT2D eigenvalue weighted by molar-refractivity contribution is 6.17. The minimum Gasteiger partial charge on any atom is -0.254 e. The third-order valence-electron chi connectivity index (χ3n) is 2.05. The van der Waals surface area contributed by atoms with Crippen molar-refractivity contribution in [2.45, 2.75) is 18.7 Å². The van der Waals surface area contributed by atoms with Gasteiger partial charge in [-0.3, -0.25) is 4.98 Å². The van der Waals surface area contributed by atoms with Crippen LogP contribution in [0.1, 0.15) is 28.8 Å². The van der Waals surface area contributed by atoms with Crippen LogP contribution in [0.3, 0.4) is 0 Å². The number of aromatic nitrogens is 1. The van der Waals surface area contributed by atoms with E-state index in [1.54, 1.807) is 6.07 Å². The monoisotopic (exact) mass is 241 g/mol. The minimum atomic E-state index is -2.76. The molecule has 0 aliphatic heterocycles. The maximum absolute atomic E-state index is 12.6. The van der Waals surface area contributed by atoms with E-state index in [2.05, 4.69) is 4.98 Å². The number of nitriles is 2. The van der Waals surface area contributed by atoms with E-state index in [0.29, 0.717) is 0 Å². The van der Waals surface area contributed by atoms with Gasteiger partial charge in [-0.2, -0.15) is 10.5 Å². The van der Waals surface area contributed by atoms with Crippen LogP contribution in [0.5, 0.6) is 0 Å². The smallest absolute Gasteiger partial charge is 0.254 e. The molecule has 0 N–H and O–H groups in total. The molecule has 0 aromatic carbocycles. The van der Waals surface area contributed by atoms with Gasteiger partial charge in [0.2, 0.25) is 0 Å². The van der Waals surface area contributed by atoms with Gasteiger partial charge in [0, 0.05) is 12.1 Å². The number of alkyl halides is 3. The summed E-state index contributed by atoms with van der Waals surface area (Å²) in [5.41, 5.74) is -0.0246. The highest BCUT2D eigenvalue weighted by atomic mass is 35.5. The Bertz CT molecular complexity index is 474. The topological polar surface area (TPSA) is 60.5 Å². The second-order valence-corrected chi connectivity index (χ2v) is 3.16. The Balaban J connectivity index is 3.45. The Labute approximate surface area is 95.9 Å². The summed E-state index contributed by atoms with van der Waals surface area (Å²) in [7, 11) is 0. The van der Waals surface area contributed by atoms with Crippen molar-refractivity contribution >= 4 is 11.6 Å². The zero-order valence-corrected chi connectivity index (χ0v) is 8.80. The molecule has 0 fully saturated rings. The van der Waals surface area contributed by atoms with Crippen LogP contribution < -0.4 is 0 Å². The van der Waals surface area contributed by atoms with Crippen LogP contribution in [0, 0.1) is 22.7 Å². The normalized spacial score (nSPS) is 9.88. The molecule has 0 aliphatic carbocycles. The van der Waals surface area contributed by atoms with Crippen LogP contribution in [0.15, 0.2) is 6.20 Å². The number of hydrogen-bond acceptors (Lipinski definition) is 3. The van der Waals surface area contributed by atoms with Crippen LogP contribution in [0.25, 0.3) is 0 Å². The lowest BCUT2D eigenvalue weighted by molar-refractivity contribution is 0.145. The van der Waals surface area contributed by atoms with Gasteiger partial charge in [0.1, 0.15) is 11.8 Å². The van der Waals surface area contributed by atoms with Gasteiger partial charge in [-0.25, -0.2) is 8.78 Å². The van der Waals surface area contributed by atoms with Crippen molar-refractivity contribution in [3.8, 4) is 12.1 Å². The molecule has 3 nitrogen and oxygen atoms in total. The molecule has 0 saturated carbocycles. The number of hydrogen-bond donors (Lipinski definition) is 0. The molecule has 0 radical (unpaired) electrons. The summed E-state index contributed by atoms with van der Waals surface area (Å²) >= 11 is 5.55. The SMILES string of the molecule is N#CCc1c(C#N)cnc(C(F)F)c1CCl. The fourth-order valence-corrected chi connectivity index (χ4v) is 1.62. The average molecular weight is 242 g/mol. The van der Waals surface area contributed by atoms with Gasteiger partial charge in [-0.05, 0) is 11.1 Å². The Morgan fingerprint density at radius 1 is 1.38 bits per heavy atom. The van der Waals surface area contributed by atoms with Crippen molar-refractivity contribution in [3.63, 3.8) is 0 Å². The third kappa shape index (κ3) is 2.26. The molecule has 0 saturated heterocycles. The van der Waals surface area contributed by atoms with E-state index in [1.165, 1.54) is 0 Å². The molecule has 1 heterocycles. The average Bonchev–Trinajstić information content (AvgIpc) is 2.28. The van der Waals surface area contributed by atoms with Crippen molar-refractivity contribution in [2.24, 2.45) is 0 Å². The van der Waals surface area contributed by atoms with Gasteiger partial charge in [-0.15, -0.1) is 11.6 Å². The zero-order valence-electron chi connectivity index (χ0n) is 8.04. The molecule has 16 heavy (non-hydrogen) atoms. The highest BCUT2D eigenvalue weighted by Gasteiger charge is 2.19. The lowest BCUT2D eigenvalue weighted by atomic mass is 10.0. The Hall–Kier alpha value is -1.72. The van der Waals surface area contributed by atoms with Gasteiger partial charge in [0.15, 0.2) is 0 Å². The molecule has 0 bridgehead atoms.